The number of thioether (sulfide) groups is 1. The maximum absolute atomic E-state index is 12.1. The Labute approximate surface area is 146 Å². The predicted octanol–water partition coefficient (Wildman–Crippen LogP) is 2.73. The number of H-pyrrole nitrogens is 1. The van der Waals surface area contributed by atoms with E-state index < -0.39 is 0 Å². The Morgan fingerprint density at radius 2 is 2.12 bits per heavy atom. The van der Waals surface area contributed by atoms with Gasteiger partial charge in [0.15, 0.2) is 5.16 Å². The fraction of sp³-hybridized carbons (Fsp3) is 0.471. The molecule has 2 rings (SSSR count). The first-order chi connectivity index (χ1) is 11.6. The van der Waals surface area contributed by atoms with Crippen molar-refractivity contribution in [2.45, 2.75) is 50.9 Å². The fourth-order valence-electron chi connectivity index (χ4n) is 2.30. The van der Waals surface area contributed by atoms with Crippen LogP contribution in [-0.4, -0.2) is 26.4 Å². The molecule has 0 aliphatic heterocycles. The quantitative estimate of drug-likeness (QED) is 0.683. The van der Waals surface area contributed by atoms with Crippen LogP contribution in [0.5, 0.6) is 0 Å². The van der Waals surface area contributed by atoms with Gasteiger partial charge in [0.1, 0.15) is 0 Å². The molecule has 0 bridgehead atoms. The highest BCUT2D eigenvalue weighted by atomic mass is 32.2. The molecule has 0 saturated heterocycles. The van der Waals surface area contributed by atoms with Crippen molar-refractivity contribution in [1.82, 2.24) is 20.1 Å². The summed E-state index contributed by atoms with van der Waals surface area (Å²) >= 11 is 1.43. The lowest BCUT2D eigenvalue weighted by molar-refractivity contribution is -0.121. The summed E-state index contributed by atoms with van der Waals surface area (Å²) in [7, 11) is 0. The molecule has 1 heterocycles. The van der Waals surface area contributed by atoms with Crippen molar-refractivity contribution >= 4 is 17.7 Å². The van der Waals surface area contributed by atoms with Gasteiger partial charge in [-0.2, -0.15) is 0 Å². The lowest BCUT2D eigenvalue weighted by Crippen LogP contribution is -2.26. The molecule has 7 heteroatoms. The van der Waals surface area contributed by atoms with Gasteiger partial charge in [-0.25, -0.2) is 9.89 Å². The zero-order valence-corrected chi connectivity index (χ0v) is 14.9. The zero-order chi connectivity index (χ0) is 17.4. The second-order valence-corrected chi connectivity index (χ2v) is 6.68. The number of hydrogen-bond acceptors (Lipinski definition) is 4. The summed E-state index contributed by atoms with van der Waals surface area (Å²) in [6, 6.07) is 9.85. The van der Waals surface area contributed by atoms with E-state index in [0.717, 1.165) is 18.4 Å². The third kappa shape index (κ3) is 5.26. The highest BCUT2D eigenvalue weighted by Gasteiger charge is 2.12. The standard InChI is InChI=1S/C17H24N4O2S/c1-3-4-11-21-16(23)19-20-17(21)24-12-10-15(22)18-13(2)14-8-6-5-7-9-14/h5-9,13H,3-4,10-12H2,1-2H3,(H,18,22)(H,19,23)/t13-/m1/s1. The van der Waals surface area contributed by atoms with Crippen LogP contribution in [0.1, 0.15) is 44.7 Å². The second kappa shape index (κ2) is 9.32. The lowest BCUT2D eigenvalue weighted by Gasteiger charge is -2.14. The number of hydrogen-bond donors (Lipinski definition) is 2. The SMILES string of the molecule is CCCCn1c(SCCC(=O)N[C@H](C)c2ccccc2)n[nH]c1=O. The summed E-state index contributed by atoms with van der Waals surface area (Å²) < 4.78 is 1.64. The number of aromatic amines is 1. The van der Waals surface area contributed by atoms with Crippen molar-refractivity contribution in [3.05, 3.63) is 46.4 Å². The van der Waals surface area contributed by atoms with E-state index in [2.05, 4.69) is 22.4 Å². The molecule has 1 amide bonds. The van der Waals surface area contributed by atoms with Gasteiger partial charge in [0.05, 0.1) is 6.04 Å². The first-order valence-corrected chi connectivity index (χ1v) is 9.22. The van der Waals surface area contributed by atoms with Gasteiger partial charge in [-0.1, -0.05) is 55.4 Å². The number of nitrogens with one attached hydrogen (secondary N) is 2. The third-order valence-electron chi connectivity index (χ3n) is 3.70. The Hall–Kier alpha value is -2.02. The molecule has 0 spiro atoms. The van der Waals surface area contributed by atoms with E-state index >= 15 is 0 Å². The number of benzene rings is 1. The first kappa shape index (κ1) is 18.3. The van der Waals surface area contributed by atoms with Gasteiger partial charge in [0, 0.05) is 18.7 Å². The van der Waals surface area contributed by atoms with Crippen LogP contribution in [0.2, 0.25) is 0 Å². The Kier molecular flexibility index (Phi) is 7.11. The van der Waals surface area contributed by atoms with Crippen LogP contribution in [0, 0.1) is 0 Å². The van der Waals surface area contributed by atoms with Crippen molar-refractivity contribution in [3.63, 3.8) is 0 Å². The lowest BCUT2D eigenvalue weighted by atomic mass is 10.1. The topological polar surface area (TPSA) is 79.8 Å². The number of carbonyl (C=O) groups is 1. The molecule has 130 valence electrons. The van der Waals surface area contributed by atoms with E-state index in [1.165, 1.54) is 11.8 Å². The van der Waals surface area contributed by atoms with Crippen LogP contribution >= 0.6 is 11.8 Å². The molecular formula is C17H24N4O2S. The van der Waals surface area contributed by atoms with Gasteiger partial charge >= 0.3 is 5.69 Å². The van der Waals surface area contributed by atoms with Crippen molar-refractivity contribution in [1.29, 1.82) is 0 Å². The molecule has 0 saturated carbocycles. The normalized spacial score (nSPS) is 12.1. The molecule has 2 N–H and O–H groups in total. The number of aromatic nitrogens is 3. The highest BCUT2D eigenvalue weighted by molar-refractivity contribution is 7.99. The summed E-state index contributed by atoms with van der Waals surface area (Å²) in [5.41, 5.74) is 0.896. The minimum Gasteiger partial charge on any atom is -0.350 e. The van der Waals surface area contributed by atoms with Crippen LogP contribution in [-0.2, 0) is 11.3 Å². The van der Waals surface area contributed by atoms with Crippen LogP contribution in [0.15, 0.2) is 40.3 Å². The Morgan fingerprint density at radius 1 is 1.38 bits per heavy atom. The largest absolute Gasteiger partial charge is 0.350 e. The van der Waals surface area contributed by atoms with Crippen molar-refractivity contribution in [2.75, 3.05) is 5.75 Å². The van der Waals surface area contributed by atoms with Gasteiger partial charge in [0.25, 0.3) is 0 Å². The molecule has 1 atom stereocenters. The Bertz CT molecular complexity index is 696. The van der Waals surface area contributed by atoms with E-state index in [1.807, 2.05) is 37.3 Å². The number of rotatable bonds is 9. The molecule has 6 nitrogen and oxygen atoms in total. The van der Waals surface area contributed by atoms with Crippen LogP contribution in [0.3, 0.4) is 0 Å². The molecule has 1 aromatic heterocycles. The first-order valence-electron chi connectivity index (χ1n) is 8.24. The molecule has 2 aromatic rings. The zero-order valence-electron chi connectivity index (χ0n) is 14.1. The fourth-order valence-corrected chi connectivity index (χ4v) is 3.21. The summed E-state index contributed by atoms with van der Waals surface area (Å²) in [4.78, 5) is 23.8. The van der Waals surface area contributed by atoms with Crippen molar-refractivity contribution in [2.24, 2.45) is 0 Å². The number of carbonyl (C=O) groups excluding carboxylic acids is 1. The van der Waals surface area contributed by atoms with Crippen LogP contribution in [0.4, 0.5) is 0 Å². The van der Waals surface area contributed by atoms with Gasteiger partial charge in [-0.3, -0.25) is 9.36 Å². The van der Waals surface area contributed by atoms with Crippen molar-refractivity contribution < 1.29 is 4.79 Å². The molecule has 0 aliphatic carbocycles. The number of nitrogens with zero attached hydrogens (tertiary/aromatic N) is 2. The van der Waals surface area contributed by atoms with E-state index in [-0.39, 0.29) is 17.6 Å². The van der Waals surface area contributed by atoms with Crippen LogP contribution < -0.4 is 11.0 Å². The van der Waals surface area contributed by atoms with Crippen molar-refractivity contribution in [3.8, 4) is 0 Å². The average molecular weight is 348 g/mol. The molecule has 0 radical (unpaired) electrons. The molecule has 0 aliphatic rings. The molecular weight excluding hydrogens is 324 g/mol. The Morgan fingerprint density at radius 3 is 2.83 bits per heavy atom. The minimum atomic E-state index is -0.187. The summed E-state index contributed by atoms with van der Waals surface area (Å²) in [5.74, 6) is 0.584. The van der Waals surface area contributed by atoms with Gasteiger partial charge in [-0.15, -0.1) is 5.10 Å². The molecule has 0 unspecified atom stereocenters. The molecule has 0 fully saturated rings. The Balaban J connectivity index is 1.80. The maximum Gasteiger partial charge on any atom is 0.343 e. The third-order valence-corrected chi connectivity index (χ3v) is 4.67. The van der Waals surface area contributed by atoms with Crippen LogP contribution in [0.25, 0.3) is 0 Å². The number of unbranched alkanes of at least 4 members (excludes halogenated alkanes) is 1. The summed E-state index contributed by atoms with van der Waals surface area (Å²) in [5, 5.41) is 10.1. The smallest absolute Gasteiger partial charge is 0.343 e. The summed E-state index contributed by atoms with van der Waals surface area (Å²) in [6.45, 7) is 4.71. The predicted molar refractivity (Wildman–Crippen MR) is 96.1 cm³/mol. The van der Waals surface area contributed by atoms with E-state index in [9.17, 15) is 9.59 Å². The van der Waals surface area contributed by atoms with Gasteiger partial charge < -0.3 is 5.32 Å². The number of amides is 1. The monoisotopic (exact) mass is 348 g/mol. The minimum absolute atomic E-state index is 0.00292. The average Bonchev–Trinajstić information content (AvgIpc) is 2.93. The van der Waals surface area contributed by atoms with Gasteiger partial charge in [-0.05, 0) is 18.9 Å². The van der Waals surface area contributed by atoms with E-state index in [0.29, 0.717) is 23.9 Å². The van der Waals surface area contributed by atoms with E-state index in [4.69, 9.17) is 0 Å². The molecule has 1 aromatic carbocycles. The summed E-state index contributed by atoms with van der Waals surface area (Å²) in [6.07, 6.45) is 2.33. The van der Waals surface area contributed by atoms with E-state index in [1.54, 1.807) is 4.57 Å². The second-order valence-electron chi connectivity index (χ2n) is 5.61. The highest BCUT2D eigenvalue weighted by Crippen LogP contribution is 2.16. The molecule has 24 heavy (non-hydrogen) atoms. The van der Waals surface area contributed by atoms with Gasteiger partial charge in [0.2, 0.25) is 5.91 Å². The maximum atomic E-state index is 12.1.